The molecule has 6 rings (SSSR count). The second-order valence-corrected chi connectivity index (χ2v) is 12.1. The summed E-state index contributed by atoms with van der Waals surface area (Å²) in [6.45, 7) is 8.90. The highest BCUT2D eigenvalue weighted by Crippen LogP contribution is 2.42. The first-order valence-electron chi connectivity index (χ1n) is 12.3. The molecule has 1 unspecified atom stereocenters. The van der Waals surface area contributed by atoms with Crippen molar-refractivity contribution in [1.29, 1.82) is 0 Å². The van der Waals surface area contributed by atoms with Gasteiger partial charge in [-0.1, -0.05) is 18.2 Å². The van der Waals surface area contributed by atoms with Crippen molar-refractivity contribution < 1.29 is 17.9 Å². The summed E-state index contributed by atoms with van der Waals surface area (Å²) in [5, 5.41) is 7.27. The fraction of sp³-hybridized carbons (Fsp3) is 0.320. The van der Waals surface area contributed by atoms with E-state index in [2.05, 4.69) is 29.8 Å². The zero-order valence-electron chi connectivity index (χ0n) is 20.8. The number of carbonyl (C=O) groups is 1. The van der Waals surface area contributed by atoms with Crippen LogP contribution in [0.2, 0.25) is 0 Å². The lowest BCUT2D eigenvalue weighted by Gasteiger charge is -2.21. The number of carbonyl (C=O) groups excluding carboxylic acids is 1. The number of methoxy groups -OCH3 is 1. The number of hydrogen-bond acceptors (Lipinski definition) is 9. The average molecular weight is 565 g/mol. The fourth-order valence-corrected chi connectivity index (χ4v) is 7.35. The number of nitrogens with zero attached hydrogens (tertiary/aromatic N) is 6. The van der Waals surface area contributed by atoms with Gasteiger partial charge in [-0.2, -0.15) is 4.98 Å². The Kier molecular flexibility index (Phi) is 6.32. The molecule has 14 heteroatoms. The third kappa shape index (κ3) is 4.53. The Morgan fingerprint density at radius 1 is 1.18 bits per heavy atom. The number of ether oxygens (including phenoxy) is 1. The van der Waals surface area contributed by atoms with Gasteiger partial charge >= 0.3 is 12.0 Å². The number of rotatable bonds is 6. The third-order valence-electron chi connectivity index (χ3n) is 7.27. The Balaban J connectivity index is 1.18. The van der Waals surface area contributed by atoms with Crippen LogP contribution in [0.25, 0.3) is 15.9 Å². The number of pyridine rings is 1. The molecule has 12 nitrogen and oxygen atoms in total. The number of likely N-dealkylation sites (tertiary alicyclic amines) is 1. The van der Waals surface area contributed by atoms with Crippen LogP contribution in [0, 0.1) is 18.4 Å². The molecule has 1 aliphatic heterocycles. The molecule has 0 spiro atoms. The first kappa shape index (κ1) is 25.1. The van der Waals surface area contributed by atoms with Gasteiger partial charge in [-0.25, -0.2) is 27.0 Å². The summed E-state index contributed by atoms with van der Waals surface area (Å²) >= 11 is 1.07. The van der Waals surface area contributed by atoms with Gasteiger partial charge in [0.25, 0.3) is 10.0 Å². The SMILES string of the molecule is [C-]#[N+]c1cnc2c(ccn2S(=O)(=O)c2ccccc2)c1NC1C[C@@H]2CN(C(=O)Nc3nc(OC)ns3)C[C@@H]2C1. The Morgan fingerprint density at radius 2 is 1.92 bits per heavy atom. The van der Waals surface area contributed by atoms with Gasteiger partial charge in [-0.05, 0) is 42.9 Å². The maximum atomic E-state index is 13.3. The average Bonchev–Trinajstić information content (AvgIpc) is 3.72. The lowest BCUT2D eigenvalue weighted by Crippen LogP contribution is -2.34. The number of fused-ring (bicyclic) bond motifs is 2. The number of anilines is 2. The van der Waals surface area contributed by atoms with Crippen LogP contribution in [0.5, 0.6) is 6.01 Å². The normalized spacial score (nSPS) is 20.5. The maximum Gasteiger partial charge on any atom is 0.329 e. The second-order valence-electron chi connectivity index (χ2n) is 9.55. The quantitative estimate of drug-likeness (QED) is 0.335. The van der Waals surface area contributed by atoms with E-state index in [1.807, 2.05) is 0 Å². The highest BCUT2D eigenvalue weighted by atomic mass is 32.2. The highest BCUT2D eigenvalue weighted by molar-refractivity contribution is 7.90. The van der Waals surface area contributed by atoms with Crippen molar-refractivity contribution in [3.63, 3.8) is 0 Å². The molecule has 0 bridgehead atoms. The largest absolute Gasteiger partial charge is 0.466 e. The number of urea groups is 1. The van der Waals surface area contributed by atoms with Crippen LogP contribution < -0.4 is 15.4 Å². The number of benzene rings is 1. The van der Waals surface area contributed by atoms with Gasteiger partial charge < -0.3 is 15.0 Å². The molecule has 2 N–H and O–H groups in total. The summed E-state index contributed by atoms with van der Waals surface area (Å²) in [6, 6.07) is 9.96. The van der Waals surface area contributed by atoms with E-state index in [-0.39, 0.29) is 28.6 Å². The Morgan fingerprint density at radius 3 is 2.59 bits per heavy atom. The van der Waals surface area contributed by atoms with E-state index in [1.54, 1.807) is 41.3 Å². The molecule has 1 saturated heterocycles. The van der Waals surface area contributed by atoms with E-state index in [1.165, 1.54) is 19.5 Å². The summed E-state index contributed by atoms with van der Waals surface area (Å²) in [7, 11) is -2.37. The smallest absolute Gasteiger partial charge is 0.329 e. The van der Waals surface area contributed by atoms with Crippen molar-refractivity contribution in [1.82, 2.24) is 23.2 Å². The van der Waals surface area contributed by atoms with E-state index >= 15 is 0 Å². The van der Waals surface area contributed by atoms with Gasteiger partial charge in [0.05, 0.1) is 24.3 Å². The van der Waals surface area contributed by atoms with Crippen LogP contribution >= 0.6 is 11.5 Å². The summed E-state index contributed by atoms with van der Waals surface area (Å²) in [5.74, 6) is 0.628. The molecule has 3 atom stereocenters. The second kappa shape index (κ2) is 9.83. The molecule has 4 heterocycles. The molecule has 3 aromatic heterocycles. The van der Waals surface area contributed by atoms with E-state index in [9.17, 15) is 13.2 Å². The standard InChI is InChI=1S/C25H24N8O4S2/c1-26-20-12-27-22-19(8-9-33(22)39(35,36)18-6-4-3-5-7-18)21(20)28-17-10-15-13-32(14-16(15)11-17)25(34)30-24-29-23(37-2)31-38-24/h3-9,12,15-17H,10-11,13-14H2,2H3,(H,27,28)(H,29,30,31,34)/t15-,16+,17?. The molecule has 1 aliphatic carbocycles. The van der Waals surface area contributed by atoms with Crippen LogP contribution in [0.1, 0.15) is 12.8 Å². The van der Waals surface area contributed by atoms with Crippen molar-refractivity contribution >= 4 is 55.1 Å². The minimum Gasteiger partial charge on any atom is -0.466 e. The molecule has 2 amide bonds. The zero-order chi connectivity index (χ0) is 27.1. The van der Waals surface area contributed by atoms with E-state index in [0.717, 1.165) is 28.3 Å². The number of aromatic nitrogens is 4. The summed E-state index contributed by atoms with van der Waals surface area (Å²) in [6.07, 6.45) is 4.54. The van der Waals surface area contributed by atoms with Gasteiger partial charge in [0.15, 0.2) is 5.65 Å². The fourth-order valence-electron chi connectivity index (χ4n) is 5.49. The van der Waals surface area contributed by atoms with Gasteiger partial charge in [-0.3, -0.25) is 5.32 Å². The van der Waals surface area contributed by atoms with Crippen LogP contribution in [-0.2, 0) is 10.0 Å². The first-order chi connectivity index (χ1) is 18.9. The number of amides is 2. The van der Waals surface area contributed by atoms with Gasteiger partial charge in [-0.15, -0.1) is 4.37 Å². The molecule has 39 heavy (non-hydrogen) atoms. The van der Waals surface area contributed by atoms with Crippen molar-refractivity contribution in [3.8, 4) is 6.01 Å². The molecule has 0 radical (unpaired) electrons. The lowest BCUT2D eigenvalue weighted by molar-refractivity contribution is 0.218. The van der Waals surface area contributed by atoms with Crippen molar-refractivity contribution in [2.45, 2.75) is 23.8 Å². The predicted molar refractivity (Wildman–Crippen MR) is 146 cm³/mol. The minimum absolute atomic E-state index is 0.0813. The number of hydrogen-bond donors (Lipinski definition) is 2. The Hall–Kier alpha value is -4.22. The van der Waals surface area contributed by atoms with Gasteiger partial charge in [0.2, 0.25) is 10.8 Å². The lowest BCUT2D eigenvalue weighted by atomic mass is 10.0. The van der Waals surface area contributed by atoms with E-state index in [0.29, 0.717) is 46.8 Å². The van der Waals surface area contributed by atoms with Crippen LogP contribution in [0.15, 0.2) is 53.7 Å². The Labute approximate surface area is 228 Å². The summed E-state index contributed by atoms with van der Waals surface area (Å²) in [4.78, 5) is 26.8. The summed E-state index contributed by atoms with van der Waals surface area (Å²) in [5.41, 5.74) is 1.19. The topological polar surface area (TPSA) is 136 Å². The molecule has 2 fully saturated rings. The van der Waals surface area contributed by atoms with E-state index < -0.39 is 10.0 Å². The maximum absolute atomic E-state index is 13.3. The molecule has 1 saturated carbocycles. The summed E-state index contributed by atoms with van der Waals surface area (Å²) < 4.78 is 36.6. The van der Waals surface area contributed by atoms with Crippen molar-refractivity contribution in [2.75, 3.05) is 30.8 Å². The van der Waals surface area contributed by atoms with Crippen LogP contribution in [0.4, 0.5) is 21.3 Å². The molecule has 2 aliphatic rings. The van der Waals surface area contributed by atoms with Crippen molar-refractivity contribution in [3.05, 3.63) is 60.2 Å². The van der Waals surface area contributed by atoms with Gasteiger partial charge in [0.1, 0.15) is 0 Å². The van der Waals surface area contributed by atoms with Crippen LogP contribution in [-0.4, -0.2) is 63.9 Å². The molecular formula is C25H24N8O4S2. The minimum atomic E-state index is -3.84. The van der Waals surface area contributed by atoms with Crippen molar-refractivity contribution in [2.24, 2.45) is 11.8 Å². The Bertz CT molecular complexity index is 1680. The number of nitrogens with one attached hydrogen (secondary N) is 2. The molecular weight excluding hydrogens is 540 g/mol. The molecule has 4 aromatic rings. The predicted octanol–water partition coefficient (Wildman–Crippen LogP) is 4.04. The van der Waals surface area contributed by atoms with E-state index in [4.69, 9.17) is 11.3 Å². The monoisotopic (exact) mass is 564 g/mol. The zero-order valence-corrected chi connectivity index (χ0v) is 22.4. The third-order valence-corrected chi connectivity index (χ3v) is 9.57. The van der Waals surface area contributed by atoms with Crippen LogP contribution in [0.3, 0.4) is 0 Å². The van der Waals surface area contributed by atoms with Gasteiger partial charge in [0, 0.05) is 48.4 Å². The first-order valence-corrected chi connectivity index (χ1v) is 14.5. The molecule has 1 aromatic carbocycles. The molecule has 200 valence electrons. The highest BCUT2D eigenvalue weighted by Gasteiger charge is 2.42.